The Kier molecular flexibility index (Phi) is 2.94. The SMILES string of the molecule is Nc1nsc(NCc2cnc[nH]2)c1S(=O)(=O)C1CC1. The second-order valence-electron chi connectivity index (χ2n) is 4.40. The van der Waals surface area contributed by atoms with Crippen molar-refractivity contribution < 1.29 is 8.42 Å². The highest BCUT2D eigenvalue weighted by atomic mass is 32.2. The number of hydrogen-bond acceptors (Lipinski definition) is 7. The maximum Gasteiger partial charge on any atom is 0.187 e. The summed E-state index contributed by atoms with van der Waals surface area (Å²) < 4.78 is 28.5. The highest BCUT2D eigenvalue weighted by Gasteiger charge is 2.40. The summed E-state index contributed by atoms with van der Waals surface area (Å²) in [5.41, 5.74) is 6.56. The lowest BCUT2D eigenvalue weighted by Crippen LogP contribution is -2.11. The zero-order valence-corrected chi connectivity index (χ0v) is 11.6. The first kappa shape index (κ1) is 12.4. The van der Waals surface area contributed by atoms with Gasteiger partial charge in [-0.15, -0.1) is 0 Å². The van der Waals surface area contributed by atoms with E-state index < -0.39 is 9.84 Å². The van der Waals surface area contributed by atoms with Crippen molar-refractivity contribution >= 4 is 32.2 Å². The molecule has 1 aliphatic carbocycles. The fraction of sp³-hybridized carbons (Fsp3) is 0.400. The summed E-state index contributed by atoms with van der Waals surface area (Å²) in [5, 5.41) is 3.26. The van der Waals surface area contributed by atoms with Gasteiger partial charge in [0.05, 0.1) is 23.8 Å². The minimum atomic E-state index is -3.34. The molecule has 0 amide bonds. The van der Waals surface area contributed by atoms with E-state index >= 15 is 0 Å². The molecule has 0 bridgehead atoms. The maximum absolute atomic E-state index is 12.3. The molecule has 1 saturated carbocycles. The number of nitrogens with one attached hydrogen (secondary N) is 2. The third-order valence-electron chi connectivity index (χ3n) is 2.92. The van der Waals surface area contributed by atoms with Crippen LogP contribution in [0, 0.1) is 0 Å². The Morgan fingerprint density at radius 3 is 2.95 bits per heavy atom. The molecular weight excluding hydrogens is 286 g/mol. The molecule has 0 atom stereocenters. The Labute approximate surface area is 114 Å². The van der Waals surface area contributed by atoms with Gasteiger partial charge >= 0.3 is 0 Å². The van der Waals surface area contributed by atoms with Crippen LogP contribution in [0.25, 0.3) is 0 Å². The van der Waals surface area contributed by atoms with Gasteiger partial charge in [-0.1, -0.05) is 0 Å². The molecule has 3 rings (SSSR count). The Balaban J connectivity index is 1.86. The van der Waals surface area contributed by atoms with Crippen LogP contribution in [0.3, 0.4) is 0 Å². The number of aromatic nitrogens is 3. The van der Waals surface area contributed by atoms with Crippen molar-refractivity contribution in [3.05, 3.63) is 18.2 Å². The first-order chi connectivity index (χ1) is 9.09. The zero-order valence-electron chi connectivity index (χ0n) is 9.96. The van der Waals surface area contributed by atoms with Crippen molar-refractivity contribution in [3.8, 4) is 0 Å². The van der Waals surface area contributed by atoms with Crippen molar-refractivity contribution in [2.75, 3.05) is 11.1 Å². The summed E-state index contributed by atoms with van der Waals surface area (Å²) in [7, 11) is -3.34. The molecule has 0 unspecified atom stereocenters. The Bertz CT molecular complexity index is 673. The molecular formula is C10H13N5O2S2. The highest BCUT2D eigenvalue weighted by Crippen LogP contribution is 2.41. The molecule has 0 saturated heterocycles. The van der Waals surface area contributed by atoms with Gasteiger partial charge in [0.15, 0.2) is 15.7 Å². The number of H-pyrrole nitrogens is 1. The first-order valence-corrected chi connectivity index (χ1v) is 8.11. The quantitative estimate of drug-likeness (QED) is 0.759. The van der Waals surface area contributed by atoms with Crippen LogP contribution in [-0.4, -0.2) is 28.0 Å². The molecule has 7 nitrogen and oxygen atoms in total. The number of rotatable bonds is 5. The Morgan fingerprint density at radius 1 is 1.53 bits per heavy atom. The monoisotopic (exact) mass is 299 g/mol. The lowest BCUT2D eigenvalue weighted by Gasteiger charge is -2.06. The maximum atomic E-state index is 12.3. The van der Waals surface area contributed by atoms with Gasteiger partial charge in [-0.25, -0.2) is 13.4 Å². The van der Waals surface area contributed by atoms with E-state index in [1.807, 2.05) is 0 Å². The molecule has 2 aromatic heterocycles. The van der Waals surface area contributed by atoms with Crippen LogP contribution in [0.1, 0.15) is 18.5 Å². The van der Waals surface area contributed by atoms with Gasteiger partial charge in [-0.2, -0.15) is 4.37 Å². The standard InChI is InChI=1S/C10H13N5O2S2/c11-9-8(19(16,17)7-1-2-7)10(18-15-9)13-4-6-3-12-5-14-6/h3,5,7,13H,1-2,4H2,(H2,11,15)(H,12,14). The van der Waals surface area contributed by atoms with Crippen molar-refractivity contribution in [3.63, 3.8) is 0 Å². The van der Waals surface area contributed by atoms with E-state index in [-0.39, 0.29) is 16.0 Å². The number of imidazole rings is 1. The number of nitrogen functional groups attached to an aromatic ring is 1. The number of nitrogens with two attached hydrogens (primary N) is 1. The van der Waals surface area contributed by atoms with Crippen LogP contribution < -0.4 is 11.1 Å². The van der Waals surface area contributed by atoms with Gasteiger partial charge in [0.2, 0.25) is 0 Å². The molecule has 2 aromatic rings. The summed E-state index contributed by atoms with van der Waals surface area (Å²) in [6, 6.07) is 0. The van der Waals surface area contributed by atoms with Crippen molar-refractivity contribution in [2.24, 2.45) is 0 Å². The third kappa shape index (κ3) is 2.30. The lowest BCUT2D eigenvalue weighted by molar-refractivity contribution is 0.595. The molecule has 102 valence electrons. The fourth-order valence-electron chi connectivity index (χ4n) is 1.78. The molecule has 0 spiro atoms. The summed E-state index contributed by atoms with van der Waals surface area (Å²) >= 11 is 1.07. The molecule has 9 heteroatoms. The normalized spacial score (nSPS) is 15.6. The predicted octanol–water partition coefficient (Wildman–Crippen LogP) is 0.997. The summed E-state index contributed by atoms with van der Waals surface area (Å²) in [5.74, 6) is 0.0870. The van der Waals surface area contributed by atoms with Crippen LogP contribution in [0.15, 0.2) is 17.4 Å². The topological polar surface area (TPSA) is 114 Å². The molecule has 4 N–H and O–H groups in total. The molecule has 1 fully saturated rings. The van der Waals surface area contributed by atoms with Gasteiger partial charge in [-0.3, -0.25) is 0 Å². The minimum Gasteiger partial charge on any atom is -0.382 e. The van der Waals surface area contributed by atoms with E-state index in [1.165, 1.54) is 0 Å². The smallest absolute Gasteiger partial charge is 0.187 e. The number of hydrogen-bond donors (Lipinski definition) is 3. The molecule has 0 aliphatic heterocycles. The second kappa shape index (κ2) is 4.49. The van der Waals surface area contributed by atoms with Crippen LogP contribution in [0.5, 0.6) is 0 Å². The molecule has 1 aliphatic rings. The van der Waals surface area contributed by atoms with E-state index in [9.17, 15) is 8.42 Å². The molecule has 2 heterocycles. The number of aromatic amines is 1. The highest BCUT2D eigenvalue weighted by molar-refractivity contribution is 7.92. The number of anilines is 2. The second-order valence-corrected chi connectivity index (χ2v) is 7.34. The number of sulfone groups is 1. The van der Waals surface area contributed by atoms with E-state index in [2.05, 4.69) is 19.7 Å². The van der Waals surface area contributed by atoms with Crippen LogP contribution in [0.4, 0.5) is 10.8 Å². The molecule has 0 aromatic carbocycles. The van der Waals surface area contributed by atoms with Crippen LogP contribution >= 0.6 is 11.5 Å². The summed E-state index contributed by atoms with van der Waals surface area (Å²) in [6.45, 7) is 0.453. The molecule has 0 radical (unpaired) electrons. The van der Waals surface area contributed by atoms with Gasteiger partial charge in [-0.05, 0) is 24.4 Å². The van der Waals surface area contributed by atoms with Gasteiger partial charge in [0.25, 0.3) is 0 Å². The number of nitrogens with zero attached hydrogens (tertiary/aromatic N) is 2. The molecule has 19 heavy (non-hydrogen) atoms. The summed E-state index contributed by atoms with van der Waals surface area (Å²) in [4.78, 5) is 6.99. The van der Waals surface area contributed by atoms with Crippen molar-refractivity contribution in [2.45, 2.75) is 29.5 Å². The van der Waals surface area contributed by atoms with Gasteiger partial charge in [0, 0.05) is 6.20 Å². The average Bonchev–Trinajstić information content (AvgIpc) is 2.99. The van der Waals surface area contributed by atoms with E-state index in [0.29, 0.717) is 24.4 Å². The largest absolute Gasteiger partial charge is 0.382 e. The predicted molar refractivity (Wildman–Crippen MR) is 72.6 cm³/mol. The Hall–Kier alpha value is -1.61. The van der Waals surface area contributed by atoms with Crippen LogP contribution in [0.2, 0.25) is 0 Å². The van der Waals surface area contributed by atoms with E-state index in [4.69, 9.17) is 5.73 Å². The van der Waals surface area contributed by atoms with Gasteiger partial charge in [0.1, 0.15) is 9.90 Å². The Morgan fingerprint density at radius 2 is 2.32 bits per heavy atom. The minimum absolute atomic E-state index is 0.0870. The lowest BCUT2D eigenvalue weighted by atomic mass is 10.4. The van der Waals surface area contributed by atoms with Crippen LogP contribution in [-0.2, 0) is 16.4 Å². The first-order valence-electron chi connectivity index (χ1n) is 5.79. The van der Waals surface area contributed by atoms with Gasteiger partial charge < -0.3 is 16.0 Å². The third-order valence-corrected chi connectivity index (χ3v) is 6.20. The van der Waals surface area contributed by atoms with Crippen molar-refractivity contribution in [1.29, 1.82) is 0 Å². The van der Waals surface area contributed by atoms with E-state index in [0.717, 1.165) is 17.2 Å². The zero-order chi connectivity index (χ0) is 13.5. The van der Waals surface area contributed by atoms with Crippen molar-refractivity contribution in [1.82, 2.24) is 14.3 Å². The fourth-order valence-corrected chi connectivity index (χ4v) is 4.66. The average molecular weight is 299 g/mol. The van der Waals surface area contributed by atoms with E-state index in [1.54, 1.807) is 12.5 Å². The summed E-state index contributed by atoms with van der Waals surface area (Å²) in [6.07, 6.45) is 4.65.